The molecule has 2 heteroatoms. The summed E-state index contributed by atoms with van der Waals surface area (Å²) >= 11 is 0. The molecule has 0 N–H and O–H groups in total. The number of rotatable bonds is 3. The molecule has 0 radical (unpaired) electrons. The summed E-state index contributed by atoms with van der Waals surface area (Å²) in [6.07, 6.45) is 0. The summed E-state index contributed by atoms with van der Waals surface area (Å²) in [4.78, 5) is 2.59. The lowest BCUT2D eigenvalue weighted by Crippen LogP contribution is -1.71. The van der Waals surface area contributed by atoms with Gasteiger partial charge < -0.3 is 0 Å². The van der Waals surface area contributed by atoms with Crippen LogP contribution in [0.5, 0.6) is 0 Å². The minimum atomic E-state index is 1.29. The van der Waals surface area contributed by atoms with Crippen LogP contribution in [0.2, 0.25) is 0 Å². The van der Waals surface area contributed by atoms with Crippen LogP contribution in [0.4, 0.5) is 0 Å². The first kappa shape index (κ1) is 14.2. The molecule has 0 bridgehead atoms. The van der Waals surface area contributed by atoms with Crippen LogP contribution in [0.25, 0.3) is 0 Å². The summed E-state index contributed by atoms with van der Waals surface area (Å²) in [6, 6.07) is 19.1. The quantitative estimate of drug-likeness (QED) is 0.639. The summed E-state index contributed by atoms with van der Waals surface area (Å²) in [7, 11) is 3.59. The smallest absolute Gasteiger partial charge is 0.0186 e. The SMILES string of the molecule is CC.Cc1ccc(SSc2ccccc2)cc1. The van der Waals surface area contributed by atoms with E-state index < -0.39 is 0 Å². The molecule has 0 aliphatic rings. The maximum absolute atomic E-state index is 2.16. The van der Waals surface area contributed by atoms with Gasteiger partial charge in [-0.25, -0.2) is 0 Å². The van der Waals surface area contributed by atoms with Gasteiger partial charge in [0.2, 0.25) is 0 Å². The van der Waals surface area contributed by atoms with Crippen LogP contribution in [0, 0.1) is 6.92 Å². The van der Waals surface area contributed by atoms with Gasteiger partial charge >= 0.3 is 0 Å². The van der Waals surface area contributed by atoms with E-state index in [0.717, 1.165) is 0 Å². The van der Waals surface area contributed by atoms with Crippen LogP contribution in [0.1, 0.15) is 19.4 Å². The van der Waals surface area contributed by atoms with E-state index in [4.69, 9.17) is 0 Å². The van der Waals surface area contributed by atoms with Gasteiger partial charge in [-0.2, -0.15) is 0 Å². The highest BCUT2D eigenvalue weighted by atomic mass is 33.1. The molecule has 0 heterocycles. The summed E-state index contributed by atoms with van der Waals surface area (Å²) in [5, 5.41) is 0. The highest BCUT2D eigenvalue weighted by Crippen LogP contribution is 2.36. The molecule has 0 aromatic heterocycles. The van der Waals surface area contributed by atoms with E-state index in [1.807, 2.05) is 19.9 Å². The lowest BCUT2D eigenvalue weighted by molar-refractivity contribution is 1.38. The lowest BCUT2D eigenvalue weighted by Gasteiger charge is -2.01. The average molecular weight is 262 g/mol. The number of hydrogen-bond donors (Lipinski definition) is 0. The normalized spacial score (nSPS) is 9.35. The summed E-state index contributed by atoms with van der Waals surface area (Å²) < 4.78 is 0. The van der Waals surface area contributed by atoms with Crippen LogP contribution in [-0.4, -0.2) is 0 Å². The van der Waals surface area contributed by atoms with Crippen LogP contribution < -0.4 is 0 Å². The molecule has 2 aromatic carbocycles. The van der Waals surface area contributed by atoms with Crippen molar-refractivity contribution < 1.29 is 0 Å². The van der Waals surface area contributed by atoms with E-state index in [9.17, 15) is 0 Å². The molecular formula is C15H18S2. The van der Waals surface area contributed by atoms with Crippen LogP contribution in [-0.2, 0) is 0 Å². The number of hydrogen-bond acceptors (Lipinski definition) is 2. The second-order valence-corrected chi connectivity index (χ2v) is 5.57. The third-order valence-corrected chi connectivity index (χ3v) is 4.42. The Morgan fingerprint density at radius 1 is 0.647 bits per heavy atom. The van der Waals surface area contributed by atoms with Crippen molar-refractivity contribution in [1.82, 2.24) is 0 Å². The van der Waals surface area contributed by atoms with E-state index in [1.165, 1.54) is 15.4 Å². The monoisotopic (exact) mass is 262 g/mol. The zero-order valence-corrected chi connectivity index (χ0v) is 12.1. The van der Waals surface area contributed by atoms with E-state index in [2.05, 4.69) is 55.5 Å². The van der Waals surface area contributed by atoms with Gasteiger partial charge in [0.15, 0.2) is 0 Å². The van der Waals surface area contributed by atoms with Crippen molar-refractivity contribution in [3.05, 3.63) is 60.2 Å². The van der Waals surface area contributed by atoms with Crippen LogP contribution >= 0.6 is 21.6 Å². The predicted molar refractivity (Wildman–Crippen MR) is 80.7 cm³/mol. The van der Waals surface area contributed by atoms with Crippen molar-refractivity contribution in [1.29, 1.82) is 0 Å². The molecule has 0 nitrogen and oxygen atoms in total. The molecule has 0 saturated heterocycles. The zero-order chi connectivity index (χ0) is 12.5. The average Bonchev–Trinajstić information content (AvgIpc) is 2.42. The Labute approximate surface area is 112 Å². The summed E-state index contributed by atoms with van der Waals surface area (Å²) in [5.74, 6) is 0. The van der Waals surface area contributed by atoms with Crippen molar-refractivity contribution >= 4 is 21.6 Å². The first-order chi connectivity index (χ1) is 8.34. The molecule has 0 amide bonds. The summed E-state index contributed by atoms with van der Waals surface area (Å²) in [5.41, 5.74) is 1.31. The van der Waals surface area contributed by atoms with E-state index in [-0.39, 0.29) is 0 Å². The van der Waals surface area contributed by atoms with Gasteiger partial charge in [-0.1, -0.05) is 71.3 Å². The second kappa shape index (κ2) is 8.26. The largest absolute Gasteiger partial charge is 0.0683 e. The van der Waals surface area contributed by atoms with Crippen LogP contribution in [0.15, 0.2) is 64.4 Å². The van der Waals surface area contributed by atoms with E-state index in [0.29, 0.717) is 0 Å². The Morgan fingerprint density at radius 2 is 1.12 bits per heavy atom. The van der Waals surface area contributed by atoms with Gasteiger partial charge in [0.1, 0.15) is 0 Å². The molecule has 0 atom stereocenters. The molecule has 0 fully saturated rings. The maximum atomic E-state index is 2.16. The van der Waals surface area contributed by atoms with Gasteiger partial charge in [0.25, 0.3) is 0 Å². The third kappa shape index (κ3) is 5.33. The van der Waals surface area contributed by atoms with E-state index >= 15 is 0 Å². The van der Waals surface area contributed by atoms with Crippen molar-refractivity contribution in [2.45, 2.75) is 30.6 Å². The van der Waals surface area contributed by atoms with Gasteiger partial charge in [-0.3, -0.25) is 0 Å². The molecule has 0 unspecified atom stereocenters. The van der Waals surface area contributed by atoms with Gasteiger partial charge in [-0.05, 0) is 31.2 Å². The van der Waals surface area contributed by atoms with E-state index in [1.54, 1.807) is 21.6 Å². The van der Waals surface area contributed by atoms with Crippen LogP contribution in [0.3, 0.4) is 0 Å². The Balaban J connectivity index is 0.000000686. The predicted octanol–water partition coefficient (Wildman–Crippen LogP) is 5.82. The highest BCUT2D eigenvalue weighted by molar-refractivity contribution is 8.76. The maximum Gasteiger partial charge on any atom is 0.0186 e. The molecule has 2 rings (SSSR count). The standard InChI is InChI=1S/C13H12S2.C2H6/c1-11-7-9-13(10-8-11)15-14-12-5-3-2-4-6-12;1-2/h2-10H,1H3;1-2H3. The van der Waals surface area contributed by atoms with Crippen molar-refractivity contribution in [2.24, 2.45) is 0 Å². The lowest BCUT2D eigenvalue weighted by atomic mass is 10.2. The third-order valence-electron chi connectivity index (χ3n) is 2.00. The van der Waals surface area contributed by atoms with Gasteiger partial charge in [0.05, 0.1) is 0 Å². The molecule has 0 saturated carbocycles. The Hall–Kier alpha value is -0.860. The fourth-order valence-electron chi connectivity index (χ4n) is 1.17. The molecule has 0 aliphatic heterocycles. The second-order valence-electron chi connectivity index (χ2n) is 3.29. The fourth-order valence-corrected chi connectivity index (χ4v) is 3.12. The minimum absolute atomic E-state index is 1.29. The fraction of sp³-hybridized carbons (Fsp3) is 0.200. The molecule has 2 aromatic rings. The number of benzene rings is 2. The Bertz CT molecular complexity index is 407. The zero-order valence-electron chi connectivity index (χ0n) is 10.5. The topological polar surface area (TPSA) is 0 Å². The molecule has 17 heavy (non-hydrogen) atoms. The molecule has 0 aliphatic carbocycles. The van der Waals surface area contributed by atoms with Crippen molar-refractivity contribution in [3.8, 4) is 0 Å². The highest BCUT2D eigenvalue weighted by Gasteiger charge is 1.95. The van der Waals surface area contributed by atoms with Gasteiger partial charge in [-0.15, -0.1) is 0 Å². The summed E-state index contributed by atoms with van der Waals surface area (Å²) in [6.45, 7) is 6.11. The first-order valence-electron chi connectivity index (χ1n) is 5.81. The number of aryl methyl sites for hydroxylation is 1. The molecular weight excluding hydrogens is 244 g/mol. The Kier molecular flexibility index (Phi) is 6.90. The molecule has 0 spiro atoms. The van der Waals surface area contributed by atoms with Crippen molar-refractivity contribution in [3.63, 3.8) is 0 Å². The minimum Gasteiger partial charge on any atom is -0.0683 e. The van der Waals surface area contributed by atoms with Gasteiger partial charge in [0, 0.05) is 9.79 Å². The Morgan fingerprint density at radius 3 is 1.65 bits per heavy atom. The first-order valence-corrected chi connectivity index (χ1v) is 7.96. The van der Waals surface area contributed by atoms with Crippen molar-refractivity contribution in [2.75, 3.05) is 0 Å². The molecule has 90 valence electrons.